The van der Waals surface area contributed by atoms with Crippen LogP contribution in [0, 0.1) is 11.3 Å². The lowest BCUT2D eigenvalue weighted by Gasteiger charge is -2.13. The van der Waals surface area contributed by atoms with Gasteiger partial charge in [0, 0.05) is 23.9 Å². The predicted molar refractivity (Wildman–Crippen MR) is 126 cm³/mol. The van der Waals surface area contributed by atoms with Gasteiger partial charge in [0.25, 0.3) is 10.0 Å². The highest BCUT2D eigenvalue weighted by Gasteiger charge is 2.27. The summed E-state index contributed by atoms with van der Waals surface area (Å²) in [6, 6.07) is 9.06. The molecule has 3 aromatic rings. The third-order valence-corrected chi connectivity index (χ3v) is 8.37. The first-order valence-corrected chi connectivity index (χ1v) is 13.8. The molecule has 0 aliphatic rings. The lowest BCUT2D eigenvalue weighted by molar-refractivity contribution is 0.278. The number of thiophene rings is 1. The molecule has 0 bridgehead atoms. The fourth-order valence-electron chi connectivity index (χ4n) is 2.65. The molecular formula is C19H22N5O7PS2. The molecule has 34 heavy (non-hydrogen) atoms. The average molecular weight is 528 g/mol. The maximum atomic E-state index is 12.8. The van der Waals surface area contributed by atoms with Crippen LogP contribution >= 0.6 is 18.9 Å². The van der Waals surface area contributed by atoms with Crippen molar-refractivity contribution >= 4 is 39.0 Å². The van der Waals surface area contributed by atoms with Gasteiger partial charge in [-0.25, -0.2) is 18.0 Å². The van der Waals surface area contributed by atoms with Crippen LogP contribution in [0.5, 0.6) is 17.2 Å². The largest absolute Gasteiger partial charge is 0.488 e. The lowest BCUT2D eigenvalue weighted by Crippen LogP contribution is -2.25. The molecule has 0 aliphatic carbocycles. The lowest BCUT2D eigenvalue weighted by atomic mass is 10.2. The number of aromatic nitrogens is 1. The van der Waals surface area contributed by atoms with E-state index in [-0.39, 0.29) is 42.0 Å². The number of hydrogen-bond donors (Lipinski definition) is 4. The van der Waals surface area contributed by atoms with Crippen molar-refractivity contribution in [2.75, 3.05) is 32.6 Å². The van der Waals surface area contributed by atoms with Crippen LogP contribution in [0.25, 0.3) is 10.1 Å². The first kappa shape index (κ1) is 25.9. The van der Waals surface area contributed by atoms with Crippen LogP contribution in [-0.2, 0) is 14.6 Å². The molecule has 0 fully saturated rings. The number of nitrogens with two attached hydrogens (primary N) is 2. The van der Waals surface area contributed by atoms with Gasteiger partial charge in [-0.15, -0.1) is 11.3 Å². The summed E-state index contributed by atoms with van der Waals surface area (Å²) >= 11 is 0.948. The van der Waals surface area contributed by atoms with E-state index in [0.717, 1.165) is 17.5 Å². The molecule has 12 nitrogen and oxygen atoms in total. The van der Waals surface area contributed by atoms with Crippen LogP contribution in [-0.4, -0.2) is 50.9 Å². The number of sulfonamides is 1. The van der Waals surface area contributed by atoms with Crippen molar-refractivity contribution in [3.05, 3.63) is 42.2 Å². The molecule has 0 saturated carbocycles. The molecule has 3 rings (SSSR count). The van der Waals surface area contributed by atoms with E-state index in [2.05, 4.69) is 9.71 Å². The van der Waals surface area contributed by atoms with E-state index < -0.39 is 23.9 Å². The molecule has 0 spiro atoms. The fourth-order valence-corrected chi connectivity index (χ4v) is 6.60. The van der Waals surface area contributed by atoms with Gasteiger partial charge >= 0.3 is 7.60 Å². The van der Waals surface area contributed by atoms with Gasteiger partial charge in [0.05, 0.1) is 6.20 Å². The molecule has 1 unspecified atom stereocenters. The van der Waals surface area contributed by atoms with Crippen LogP contribution in [0.2, 0.25) is 0 Å². The number of ether oxygens (including phenoxy) is 2. The maximum Gasteiger partial charge on any atom is 0.391 e. The molecule has 1 atom stereocenters. The average Bonchev–Trinajstić information content (AvgIpc) is 3.24. The summed E-state index contributed by atoms with van der Waals surface area (Å²) in [5.74, 6) is 0.709. The van der Waals surface area contributed by atoms with Gasteiger partial charge in [-0.1, -0.05) is 0 Å². The topological polar surface area (TPSA) is 200 Å². The van der Waals surface area contributed by atoms with Crippen LogP contribution < -0.4 is 30.2 Å². The second kappa shape index (κ2) is 11.1. The van der Waals surface area contributed by atoms with Crippen LogP contribution in [0.3, 0.4) is 0 Å². The molecule has 0 amide bonds. The van der Waals surface area contributed by atoms with Crippen LogP contribution in [0.4, 0.5) is 0 Å². The van der Waals surface area contributed by atoms with Gasteiger partial charge in [0.15, 0.2) is 11.5 Å². The minimum absolute atomic E-state index is 0.0803. The number of hydrogen-bond acceptors (Lipinski definition) is 11. The molecule has 0 radical (unpaired) electrons. The Hall–Kier alpha value is -2.76. The second-order valence-electron chi connectivity index (χ2n) is 6.70. The zero-order chi connectivity index (χ0) is 24.8. The summed E-state index contributed by atoms with van der Waals surface area (Å²) in [6.45, 7) is 1.04. The molecule has 2 aromatic heterocycles. The van der Waals surface area contributed by atoms with Crippen molar-refractivity contribution in [3.8, 4) is 23.3 Å². The van der Waals surface area contributed by atoms with Crippen molar-refractivity contribution in [2.45, 2.75) is 4.21 Å². The van der Waals surface area contributed by atoms with Gasteiger partial charge in [-0.3, -0.25) is 0 Å². The minimum atomic E-state index is -4.40. The number of pyridine rings is 1. The summed E-state index contributed by atoms with van der Waals surface area (Å²) in [5, 5.41) is 9.32. The number of nitrogens with zero attached hydrogens (tertiary/aromatic N) is 2. The zero-order valence-corrected chi connectivity index (χ0v) is 20.2. The Morgan fingerprint density at radius 1 is 1.15 bits per heavy atom. The molecular weight excluding hydrogens is 505 g/mol. The van der Waals surface area contributed by atoms with E-state index >= 15 is 0 Å². The van der Waals surface area contributed by atoms with Crippen molar-refractivity contribution in [1.29, 1.82) is 5.26 Å². The van der Waals surface area contributed by atoms with E-state index in [1.165, 1.54) is 18.2 Å². The molecule has 182 valence electrons. The molecule has 15 heteroatoms. The number of rotatable bonds is 12. The Bertz CT molecular complexity index is 1290. The maximum absolute atomic E-state index is 12.8. The summed E-state index contributed by atoms with van der Waals surface area (Å²) in [5.41, 5.74) is 11.1. The van der Waals surface area contributed by atoms with Crippen molar-refractivity contribution < 1.29 is 31.9 Å². The summed E-state index contributed by atoms with van der Waals surface area (Å²) in [4.78, 5) is 13.8. The van der Waals surface area contributed by atoms with Gasteiger partial charge in [-0.05, 0) is 29.7 Å². The normalized spacial score (nSPS) is 13.2. The highest BCUT2D eigenvalue weighted by atomic mass is 32.2. The van der Waals surface area contributed by atoms with E-state index in [1.54, 1.807) is 18.2 Å². The molecule has 2 heterocycles. The Morgan fingerprint density at radius 2 is 1.82 bits per heavy atom. The third kappa shape index (κ3) is 6.64. The highest BCUT2D eigenvalue weighted by molar-refractivity contribution is 7.92. The Morgan fingerprint density at radius 3 is 2.41 bits per heavy atom. The fraction of sp³-hybridized carbons (Fsp3) is 0.263. The molecule has 0 saturated heterocycles. The Labute approximate surface area is 199 Å². The zero-order valence-electron chi connectivity index (χ0n) is 17.7. The van der Waals surface area contributed by atoms with Crippen molar-refractivity contribution in [2.24, 2.45) is 11.5 Å². The highest BCUT2D eigenvalue weighted by Crippen LogP contribution is 2.42. The number of benzene rings is 1. The summed E-state index contributed by atoms with van der Waals surface area (Å²) < 4.78 is 56.6. The van der Waals surface area contributed by atoms with E-state index in [0.29, 0.717) is 21.6 Å². The third-order valence-electron chi connectivity index (χ3n) is 4.13. The van der Waals surface area contributed by atoms with Crippen molar-refractivity contribution in [1.82, 2.24) is 9.71 Å². The molecule has 6 N–H and O–H groups in total. The van der Waals surface area contributed by atoms with Crippen LogP contribution in [0.15, 0.2) is 40.7 Å². The van der Waals surface area contributed by atoms with Gasteiger partial charge in [-0.2, -0.15) is 9.98 Å². The van der Waals surface area contributed by atoms with E-state index in [1.807, 2.05) is 0 Å². The monoisotopic (exact) mass is 527 g/mol. The molecule has 0 aliphatic heterocycles. The smallest absolute Gasteiger partial charge is 0.391 e. The first-order chi connectivity index (χ1) is 16.2. The Balaban J connectivity index is 1.77. The minimum Gasteiger partial charge on any atom is -0.488 e. The number of nitrogens with one attached hydrogen (secondary N) is 1. The van der Waals surface area contributed by atoms with Gasteiger partial charge in [0.1, 0.15) is 41.2 Å². The number of nitriles is 1. The Kier molecular flexibility index (Phi) is 8.45. The van der Waals surface area contributed by atoms with E-state index in [9.17, 15) is 17.9 Å². The second-order valence-corrected chi connectivity index (χ2v) is 11.6. The standard InChI is InChI=1S/C19H22N5O7PS2/c20-3-5-29-16-7-13-8-19(33-18(13)9-17(16)30-6-4-21)34(27,28)24-12-32(25,26)31-15-2-1-14(10-22)23-11-15/h1-2,7-9,11,24H,3-6,12,20-21H2,(H,25,26). The van der Waals surface area contributed by atoms with E-state index in [4.69, 9.17) is 30.7 Å². The summed E-state index contributed by atoms with van der Waals surface area (Å²) in [7, 11) is -8.54. The van der Waals surface area contributed by atoms with Crippen molar-refractivity contribution in [3.63, 3.8) is 0 Å². The number of fused-ring (bicyclic) bond motifs is 1. The predicted octanol–water partition coefficient (Wildman–Crippen LogP) is 1.34. The van der Waals surface area contributed by atoms with Crippen LogP contribution in [0.1, 0.15) is 5.69 Å². The quantitative estimate of drug-likeness (QED) is 0.248. The van der Waals surface area contributed by atoms with Gasteiger partial charge in [0.2, 0.25) is 0 Å². The summed E-state index contributed by atoms with van der Waals surface area (Å²) in [6.07, 6.45) is 0.218. The van der Waals surface area contributed by atoms with Gasteiger partial charge < -0.3 is 30.4 Å². The molecule has 1 aromatic carbocycles. The first-order valence-electron chi connectivity index (χ1n) is 9.78. The SMILES string of the molecule is N#Cc1ccc(OP(=O)(O)CNS(=O)(=O)c2cc3cc(OCCN)c(OCCN)cc3s2)cn1.